The Morgan fingerprint density at radius 3 is 2.78 bits per heavy atom. The van der Waals surface area contributed by atoms with E-state index in [1.54, 1.807) is 18.2 Å². The van der Waals surface area contributed by atoms with E-state index >= 15 is 0 Å². The van der Waals surface area contributed by atoms with Gasteiger partial charge in [-0.15, -0.1) is 0 Å². The number of carbonyl (C=O) groups excluding carboxylic acids is 1. The Labute approximate surface area is 108 Å². The lowest BCUT2D eigenvalue weighted by atomic mass is 10.2. The third kappa shape index (κ3) is 2.73. The second-order valence-electron chi connectivity index (χ2n) is 3.38. The minimum absolute atomic E-state index is 0.330. The summed E-state index contributed by atoms with van der Waals surface area (Å²) >= 11 is 5.70. The zero-order valence-electron chi connectivity index (χ0n) is 9.22. The number of amides is 1. The van der Waals surface area contributed by atoms with Gasteiger partial charge in [0.2, 0.25) is 0 Å². The van der Waals surface area contributed by atoms with Gasteiger partial charge in [0.1, 0.15) is 5.82 Å². The standard InChI is InChI=1S/C11H10ClN5O/c12-7-1-2-10(15-5-7)16-11(18)8-6-14-4-3-9(8)17-13/h1-6H,13H2,(H,14,17)(H,15,16,18). The van der Waals surface area contributed by atoms with Gasteiger partial charge in [-0.3, -0.25) is 15.6 Å². The predicted molar refractivity (Wildman–Crippen MR) is 69.2 cm³/mol. The number of hydrazine groups is 1. The summed E-state index contributed by atoms with van der Waals surface area (Å²) in [6.07, 6.45) is 4.40. The molecule has 0 aliphatic carbocycles. The molecule has 7 heteroatoms. The van der Waals surface area contributed by atoms with E-state index in [1.165, 1.54) is 18.6 Å². The lowest BCUT2D eigenvalue weighted by molar-refractivity contribution is 0.102. The van der Waals surface area contributed by atoms with Crippen molar-refractivity contribution >= 4 is 29.0 Å². The van der Waals surface area contributed by atoms with E-state index in [-0.39, 0.29) is 5.91 Å². The highest BCUT2D eigenvalue weighted by atomic mass is 35.5. The van der Waals surface area contributed by atoms with Crippen molar-refractivity contribution in [2.75, 3.05) is 10.7 Å². The van der Waals surface area contributed by atoms with Crippen molar-refractivity contribution in [3.63, 3.8) is 0 Å². The Morgan fingerprint density at radius 2 is 2.11 bits per heavy atom. The summed E-state index contributed by atoms with van der Waals surface area (Å²) < 4.78 is 0. The first-order valence-corrected chi connectivity index (χ1v) is 5.42. The van der Waals surface area contributed by atoms with Gasteiger partial charge in [-0.1, -0.05) is 11.6 Å². The Hall–Kier alpha value is -2.18. The van der Waals surface area contributed by atoms with E-state index < -0.39 is 0 Å². The molecule has 0 aliphatic heterocycles. The summed E-state index contributed by atoms with van der Waals surface area (Å²) in [7, 11) is 0. The summed E-state index contributed by atoms with van der Waals surface area (Å²) in [6, 6.07) is 4.84. The van der Waals surface area contributed by atoms with Crippen LogP contribution in [0.2, 0.25) is 5.02 Å². The number of nitrogens with one attached hydrogen (secondary N) is 2. The fourth-order valence-electron chi connectivity index (χ4n) is 1.33. The Kier molecular flexibility index (Phi) is 3.71. The fraction of sp³-hybridized carbons (Fsp3) is 0. The number of hydrogen-bond acceptors (Lipinski definition) is 5. The second kappa shape index (κ2) is 5.44. The van der Waals surface area contributed by atoms with Crippen LogP contribution >= 0.6 is 11.6 Å². The second-order valence-corrected chi connectivity index (χ2v) is 3.82. The first-order valence-electron chi connectivity index (χ1n) is 5.04. The highest BCUT2D eigenvalue weighted by Gasteiger charge is 2.11. The molecule has 0 saturated heterocycles. The van der Waals surface area contributed by atoms with Gasteiger partial charge in [-0.25, -0.2) is 4.98 Å². The first-order chi connectivity index (χ1) is 8.70. The Balaban J connectivity index is 2.19. The molecule has 0 spiro atoms. The normalized spacial score (nSPS) is 9.89. The van der Waals surface area contributed by atoms with Crippen LogP contribution in [-0.2, 0) is 0 Å². The van der Waals surface area contributed by atoms with E-state index in [0.29, 0.717) is 22.1 Å². The van der Waals surface area contributed by atoms with E-state index in [1.807, 2.05) is 0 Å². The topological polar surface area (TPSA) is 92.9 Å². The number of anilines is 2. The zero-order valence-corrected chi connectivity index (χ0v) is 9.98. The first kappa shape index (κ1) is 12.3. The van der Waals surface area contributed by atoms with Crippen LogP contribution in [-0.4, -0.2) is 15.9 Å². The van der Waals surface area contributed by atoms with Crippen LogP contribution < -0.4 is 16.6 Å². The molecular formula is C11H10ClN5O. The number of halogens is 1. The van der Waals surface area contributed by atoms with Crippen LogP contribution in [0.3, 0.4) is 0 Å². The summed E-state index contributed by atoms with van der Waals surface area (Å²) in [6.45, 7) is 0. The molecule has 0 radical (unpaired) electrons. The van der Waals surface area contributed by atoms with Crippen molar-refractivity contribution in [1.29, 1.82) is 0 Å². The third-order valence-corrected chi connectivity index (χ3v) is 2.41. The summed E-state index contributed by atoms with van der Waals surface area (Å²) in [5, 5.41) is 3.11. The van der Waals surface area contributed by atoms with Gasteiger partial charge in [0.05, 0.1) is 16.3 Å². The number of pyridine rings is 2. The van der Waals surface area contributed by atoms with Crippen LogP contribution in [0.5, 0.6) is 0 Å². The molecule has 0 bridgehead atoms. The number of rotatable bonds is 3. The van der Waals surface area contributed by atoms with Crippen molar-refractivity contribution < 1.29 is 4.79 Å². The van der Waals surface area contributed by atoms with Crippen LogP contribution in [0.4, 0.5) is 11.5 Å². The molecule has 18 heavy (non-hydrogen) atoms. The molecule has 2 heterocycles. The van der Waals surface area contributed by atoms with E-state index in [2.05, 4.69) is 20.7 Å². The van der Waals surface area contributed by atoms with E-state index in [4.69, 9.17) is 17.4 Å². The van der Waals surface area contributed by atoms with Crippen LogP contribution in [0.25, 0.3) is 0 Å². The number of hydrogen-bond donors (Lipinski definition) is 3. The van der Waals surface area contributed by atoms with Crippen LogP contribution in [0.15, 0.2) is 36.8 Å². The monoisotopic (exact) mass is 263 g/mol. The molecule has 0 aromatic carbocycles. The predicted octanol–water partition coefficient (Wildman–Crippen LogP) is 1.67. The lowest BCUT2D eigenvalue weighted by Gasteiger charge is -2.08. The number of nitrogen functional groups attached to an aromatic ring is 1. The Bertz CT molecular complexity index is 558. The smallest absolute Gasteiger partial charge is 0.260 e. The molecular weight excluding hydrogens is 254 g/mol. The molecule has 92 valence electrons. The molecule has 6 nitrogen and oxygen atoms in total. The van der Waals surface area contributed by atoms with Gasteiger partial charge in [-0.2, -0.15) is 0 Å². The quantitative estimate of drug-likeness (QED) is 0.579. The lowest BCUT2D eigenvalue weighted by Crippen LogP contribution is -2.18. The molecule has 2 aromatic rings. The van der Waals surface area contributed by atoms with Crippen molar-refractivity contribution in [3.05, 3.63) is 47.4 Å². The van der Waals surface area contributed by atoms with Gasteiger partial charge < -0.3 is 10.7 Å². The minimum Gasteiger partial charge on any atom is -0.323 e. The number of nitrogens with two attached hydrogens (primary N) is 1. The van der Waals surface area contributed by atoms with Gasteiger partial charge in [0, 0.05) is 18.6 Å². The average molecular weight is 264 g/mol. The van der Waals surface area contributed by atoms with Gasteiger partial charge >= 0.3 is 0 Å². The molecule has 4 N–H and O–H groups in total. The van der Waals surface area contributed by atoms with Crippen LogP contribution in [0.1, 0.15) is 10.4 Å². The van der Waals surface area contributed by atoms with E-state index in [0.717, 1.165) is 0 Å². The zero-order chi connectivity index (χ0) is 13.0. The molecule has 0 aliphatic rings. The fourth-order valence-corrected chi connectivity index (χ4v) is 1.45. The van der Waals surface area contributed by atoms with Crippen LogP contribution in [0, 0.1) is 0 Å². The minimum atomic E-state index is -0.356. The molecule has 0 saturated carbocycles. The third-order valence-electron chi connectivity index (χ3n) is 2.19. The maximum absolute atomic E-state index is 12.0. The van der Waals surface area contributed by atoms with Gasteiger partial charge in [0.25, 0.3) is 5.91 Å². The maximum Gasteiger partial charge on any atom is 0.260 e. The molecule has 1 amide bonds. The number of aromatic nitrogens is 2. The largest absolute Gasteiger partial charge is 0.323 e. The average Bonchev–Trinajstić information content (AvgIpc) is 2.41. The summed E-state index contributed by atoms with van der Waals surface area (Å²) in [5.41, 5.74) is 3.24. The van der Waals surface area contributed by atoms with Crippen molar-refractivity contribution in [1.82, 2.24) is 9.97 Å². The molecule has 2 rings (SSSR count). The summed E-state index contributed by atoms with van der Waals surface area (Å²) in [4.78, 5) is 19.8. The SMILES string of the molecule is NNc1ccncc1C(=O)Nc1ccc(Cl)cn1. The van der Waals surface area contributed by atoms with Crippen molar-refractivity contribution in [2.24, 2.45) is 5.84 Å². The maximum atomic E-state index is 12.0. The highest BCUT2D eigenvalue weighted by Crippen LogP contribution is 2.15. The number of nitrogens with zero attached hydrogens (tertiary/aromatic N) is 2. The van der Waals surface area contributed by atoms with Gasteiger partial charge in [0.15, 0.2) is 0 Å². The summed E-state index contributed by atoms with van der Waals surface area (Å²) in [5.74, 6) is 5.35. The Morgan fingerprint density at radius 1 is 1.28 bits per heavy atom. The van der Waals surface area contributed by atoms with E-state index in [9.17, 15) is 4.79 Å². The molecule has 0 fully saturated rings. The molecule has 0 unspecified atom stereocenters. The van der Waals surface area contributed by atoms with Crippen molar-refractivity contribution in [3.8, 4) is 0 Å². The molecule has 0 atom stereocenters. The highest BCUT2D eigenvalue weighted by molar-refractivity contribution is 6.30. The number of carbonyl (C=O) groups is 1. The van der Waals surface area contributed by atoms with Gasteiger partial charge in [-0.05, 0) is 18.2 Å². The van der Waals surface area contributed by atoms with Crippen molar-refractivity contribution in [2.45, 2.75) is 0 Å². The molecule has 2 aromatic heterocycles.